The molecule has 22 heavy (non-hydrogen) atoms. The molecule has 1 aromatic carbocycles. The molecule has 0 saturated carbocycles. The highest BCUT2D eigenvalue weighted by Gasteiger charge is 2.14. The Labute approximate surface area is 134 Å². The Kier molecular flexibility index (Phi) is 4.69. The zero-order valence-corrected chi connectivity index (χ0v) is 13.4. The van der Waals surface area contributed by atoms with E-state index in [2.05, 4.69) is 5.32 Å². The van der Waals surface area contributed by atoms with Crippen LogP contribution in [-0.4, -0.2) is 17.5 Å². The van der Waals surface area contributed by atoms with Gasteiger partial charge in [0.15, 0.2) is 0 Å². The van der Waals surface area contributed by atoms with E-state index in [1.54, 1.807) is 6.08 Å². The lowest BCUT2D eigenvalue weighted by molar-refractivity contribution is -0.116. The predicted octanol–water partition coefficient (Wildman–Crippen LogP) is 3.40. The first-order chi connectivity index (χ1) is 10.5. The van der Waals surface area contributed by atoms with Gasteiger partial charge in [-0.1, -0.05) is 23.7 Å². The fourth-order valence-corrected chi connectivity index (χ4v) is 2.60. The number of likely N-dealkylation sites (N-methyl/N-ethyl adjacent to an activating group) is 1. The molecule has 0 aliphatic rings. The number of halogens is 1. The van der Waals surface area contributed by atoms with Gasteiger partial charge in [-0.25, -0.2) is 0 Å². The molecule has 0 radical (unpaired) electrons. The average Bonchev–Trinajstić information content (AvgIpc) is 2.79. The summed E-state index contributed by atoms with van der Waals surface area (Å²) in [6.45, 7) is 3.89. The highest BCUT2D eigenvalue weighted by molar-refractivity contribution is 6.32. The third-order valence-electron chi connectivity index (χ3n) is 3.46. The number of nitrogens with zero attached hydrogens (tertiary/aromatic N) is 2. The summed E-state index contributed by atoms with van der Waals surface area (Å²) in [5.74, 6) is -0.398. The monoisotopic (exact) mass is 313 g/mol. The minimum Gasteiger partial charge on any atom is -0.354 e. The molecule has 0 bridgehead atoms. The van der Waals surface area contributed by atoms with E-state index in [0.29, 0.717) is 5.02 Å². The van der Waals surface area contributed by atoms with Gasteiger partial charge < -0.3 is 9.88 Å². The van der Waals surface area contributed by atoms with Crippen molar-refractivity contribution in [1.82, 2.24) is 9.88 Å². The molecule has 112 valence electrons. The molecule has 0 fully saturated rings. The molecule has 0 unspecified atom stereocenters. The summed E-state index contributed by atoms with van der Waals surface area (Å²) in [4.78, 5) is 11.6. The maximum atomic E-state index is 11.6. The fourth-order valence-electron chi connectivity index (χ4n) is 2.38. The van der Waals surface area contributed by atoms with Crippen LogP contribution in [0.5, 0.6) is 0 Å². The van der Waals surface area contributed by atoms with Gasteiger partial charge in [0.2, 0.25) is 0 Å². The number of benzene rings is 1. The van der Waals surface area contributed by atoms with Crippen molar-refractivity contribution >= 4 is 23.6 Å². The second kappa shape index (κ2) is 6.50. The van der Waals surface area contributed by atoms with E-state index in [1.807, 2.05) is 54.8 Å². The van der Waals surface area contributed by atoms with E-state index in [9.17, 15) is 4.79 Å². The van der Waals surface area contributed by atoms with Crippen molar-refractivity contribution in [2.45, 2.75) is 13.8 Å². The van der Waals surface area contributed by atoms with E-state index < -0.39 is 5.91 Å². The van der Waals surface area contributed by atoms with Gasteiger partial charge >= 0.3 is 0 Å². The molecule has 1 aromatic heterocycles. The van der Waals surface area contributed by atoms with Gasteiger partial charge in [0, 0.05) is 18.4 Å². The summed E-state index contributed by atoms with van der Waals surface area (Å²) in [7, 11) is 1.50. The topological polar surface area (TPSA) is 57.8 Å². The van der Waals surface area contributed by atoms with Crippen LogP contribution in [-0.2, 0) is 4.79 Å². The second-order valence-electron chi connectivity index (χ2n) is 4.86. The van der Waals surface area contributed by atoms with Crippen molar-refractivity contribution in [3.63, 3.8) is 0 Å². The van der Waals surface area contributed by atoms with Crippen molar-refractivity contribution in [3.05, 3.63) is 57.9 Å². The molecule has 1 amide bonds. The Bertz CT molecular complexity index is 797. The Morgan fingerprint density at radius 3 is 2.64 bits per heavy atom. The molecule has 0 aliphatic carbocycles. The number of nitrogens with one attached hydrogen (secondary N) is 1. The Morgan fingerprint density at radius 2 is 2.05 bits per heavy atom. The maximum Gasteiger partial charge on any atom is 0.261 e. The number of carbonyl (C=O) groups is 1. The third kappa shape index (κ3) is 2.90. The number of aryl methyl sites for hydroxylation is 1. The first-order valence-corrected chi connectivity index (χ1v) is 7.15. The molecule has 0 saturated heterocycles. The minimum absolute atomic E-state index is 0.0712. The summed E-state index contributed by atoms with van der Waals surface area (Å²) in [6.07, 6.45) is 1.59. The Hall–Kier alpha value is -2.51. The number of hydrogen-bond donors (Lipinski definition) is 1. The summed E-state index contributed by atoms with van der Waals surface area (Å²) in [5.41, 5.74) is 3.66. The first kappa shape index (κ1) is 15.9. The van der Waals surface area contributed by atoms with Crippen LogP contribution in [0.2, 0.25) is 5.02 Å². The Balaban J connectivity index is 2.58. The smallest absolute Gasteiger partial charge is 0.261 e. The summed E-state index contributed by atoms with van der Waals surface area (Å²) in [5, 5.41) is 12.2. The van der Waals surface area contributed by atoms with Crippen molar-refractivity contribution in [3.8, 4) is 11.8 Å². The average molecular weight is 314 g/mol. The normalized spacial score (nSPS) is 11.1. The van der Waals surface area contributed by atoms with E-state index in [1.165, 1.54) is 7.05 Å². The summed E-state index contributed by atoms with van der Waals surface area (Å²) >= 11 is 6.27. The SMILES string of the molecule is CNC(=O)/C(C#N)=C/c1cc(C)n(-c2ccccc2Cl)c1C. The van der Waals surface area contributed by atoms with Crippen LogP contribution < -0.4 is 5.32 Å². The molecule has 1 heterocycles. The van der Waals surface area contributed by atoms with E-state index >= 15 is 0 Å². The van der Waals surface area contributed by atoms with Gasteiger partial charge in [0.25, 0.3) is 5.91 Å². The number of rotatable bonds is 3. The zero-order chi connectivity index (χ0) is 16.3. The molecule has 0 atom stereocenters. The highest BCUT2D eigenvalue weighted by atomic mass is 35.5. The fraction of sp³-hybridized carbons (Fsp3) is 0.176. The predicted molar refractivity (Wildman–Crippen MR) is 87.9 cm³/mol. The van der Waals surface area contributed by atoms with Gasteiger partial charge in [0.05, 0.1) is 10.7 Å². The van der Waals surface area contributed by atoms with Gasteiger partial charge in [-0.05, 0) is 43.7 Å². The molecule has 2 rings (SSSR count). The number of para-hydroxylation sites is 1. The summed E-state index contributed by atoms with van der Waals surface area (Å²) in [6, 6.07) is 11.4. The minimum atomic E-state index is -0.398. The standard InChI is InChI=1S/C17H16ClN3O/c1-11-8-13(9-14(10-19)17(22)20-3)12(2)21(11)16-7-5-4-6-15(16)18/h4-9H,1-3H3,(H,20,22)/b14-9+. The molecular weight excluding hydrogens is 298 g/mol. The van der Waals surface area contributed by atoms with Crippen LogP contribution in [0.15, 0.2) is 35.9 Å². The van der Waals surface area contributed by atoms with E-state index in [-0.39, 0.29) is 5.57 Å². The van der Waals surface area contributed by atoms with E-state index in [0.717, 1.165) is 22.6 Å². The van der Waals surface area contributed by atoms with Crippen molar-refractivity contribution in [2.75, 3.05) is 7.05 Å². The van der Waals surface area contributed by atoms with Gasteiger partial charge in [-0.15, -0.1) is 0 Å². The molecule has 0 spiro atoms. The number of amides is 1. The van der Waals surface area contributed by atoms with Crippen LogP contribution in [0.4, 0.5) is 0 Å². The van der Waals surface area contributed by atoms with Crippen LogP contribution in [0.25, 0.3) is 11.8 Å². The molecule has 2 aromatic rings. The quantitative estimate of drug-likeness (QED) is 0.697. The molecule has 0 aliphatic heterocycles. The van der Waals surface area contributed by atoms with Crippen molar-refractivity contribution in [1.29, 1.82) is 5.26 Å². The van der Waals surface area contributed by atoms with Crippen LogP contribution in [0.3, 0.4) is 0 Å². The number of carbonyl (C=O) groups excluding carboxylic acids is 1. The first-order valence-electron chi connectivity index (χ1n) is 6.77. The molecule has 4 nitrogen and oxygen atoms in total. The van der Waals surface area contributed by atoms with Gasteiger partial charge in [-0.3, -0.25) is 4.79 Å². The van der Waals surface area contributed by atoms with E-state index in [4.69, 9.17) is 16.9 Å². The summed E-state index contributed by atoms with van der Waals surface area (Å²) < 4.78 is 2.01. The lowest BCUT2D eigenvalue weighted by Crippen LogP contribution is -2.19. The maximum absolute atomic E-state index is 11.6. The van der Waals surface area contributed by atoms with Gasteiger partial charge in [0.1, 0.15) is 11.6 Å². The van der Waals surface area contributed by atoms with Crippen molar-refractivity contribution in [2.24, 2.45) is 0 Å². The zero-order valence-electron chi connectivity index (χ0n) is 12.6. The van der Waals surface area contributed by atoms with Gasteiger partial charge in [-0.2, -0.15) is 5.26 Å². The number of hydrogen-bond acceptors (Lipinski definition) is 2. The lowest BCUT2D eigenvalue weighted by Gasteiger charge is -2.11. The van der Waals surface area contributed by atoms with Crippen LogP contribution >= 0.6 is 11.6 Å². The Morgan fingerprint density at radius 1 is 1.36 bits per heavy atom. The highest BCUT2D eigenvalue weighted by Crippen LogP contribution is 2.27. The largest absolute Gasteiger partial charge is 0.354 e. The molecular formula is C17H16ClN3O. The van der Waals surface area contributed by atoms with Crippen molar-refractivity contribution < 1.29 is 4.79 Å². The number of aromatic nitrogens is 1. The third-order valence-corrected chi connectivity index (χ3v) is 3.78. The molecule has 5 heteroatoms. The number of nitriles is 1. The van der Waals surface area contributed by atoms with Crippen LogP contribution in [0.1, 0.15) is 17.0 Å². The second-order valence-corrected chi connectivity index (χ2v) is 5.27. The molecule has 1 N–H and O–H groups in total. The lowest BCUT2D eigenvalue weighted by atomic mass is 10.1. The van der Waals surface area contributed by atoms with Crippen LogP contribution in [0, 0.1) is 25.2 Å².